The highest BCUT2D eigenvalue weighted by Crippen LogP contribution is 2.65. The predicted octanol–water partition coefficient (Wildman–Crippen LogP) is 7.23. The van der Waals surface area contributed by atoms with E-state index in [2.05, 4.69) is 4.74 Å². The van der Waals surface area contributed by atoms with Crippen molar-refractivity contribution in [1.29, 1.82) is 0 Å². The van der Waals surface area contributed by atoms with Crippen molar-refractivity contribution in [3.05, 3.63) is 12.2 Å². The molecular formula is C18H13F19O4. The highest BCUT2D eigenvalue weighted by atomic mass is 19.4. The normalized spacial score (nSPS) is 16.6. The molecule has 0 aliphatic rings. The Morgan fingerprint density at radius 1 is 0.537 bits per heavy atom. The molecule has 0 aromatic heterocycles. The van der Waals surface area contributed by atoms with Crippen LogP contribution in [0.2, 0.25) is 0 Å². The van der Waals surface area contributed by atoms with Crippen LogP contribution in [0.3, 0.4) is 0 Å². The van der Waals surface area contributed by atoms with Gasteiger partial charge >= 0.3 is 65.5 Å². The van der Waals surface area contributed by atoms with Gasteiger partial charge in [0.2, 0.25) is 0 Å². The standard InChI is InChI=1S/C18H13F19O4/c1-9(2,3)8(41-7(40)5-4-6(38)39)10(19,20)11(21,22)12(23,24)13(25,26)14(27,28)15(29,30)16(31,32)17(33,34)18(35,36)37/h4-5,8H,1-3H3,(H,38,39). The molecule has 242 valence electrons. The molecular weight excluding hydrogens is 641 g/mol. The molecule has 0 saturated heterocycles. The van der Waals surface area contributed by atoms with Crippen molar-refractivity contribution in [1.82, 2.24) is 0 Å². The first-order valence-corrected chi connectivity index (χ1v) is 9.65. The van der Waals surface area contributed by atoms with Gasteiger partial charge in [-0.3, -0.25) is 0 Å². The molecule has 1 atom stereocenters. The minimum Gasteiger partial charge on any atom is -0.478 e. The summed E-state index contributed by atoms with van der Waals surface area (Å²) < 4.78 is 260. The second kappa shape index (κ2) is 10.3. The number of esters is 1. The van der Waals surface area contributed by atoms with Crippen molar-refractivity contribution >= 4 is 11.9 Å². The molecule has 0 aromatic carbocycles. The van der Waals surface area contributed by atoms with E-state index < -0.39 is 77.0 Å². The van der Waals surface area contributed by atoms with Crippen LogP contribution in [0, 0.1) is 5.41 Å². The van der Waals surface area contributed by atoms with Crippen molar-refractivity contribution in [2.75, 3.05) is 0 Å². The van der Waals surface area contributed by atoms with Gasteiger partial charge in [0.1, 0.15) is 0 Å². The van der Waals surface area contributed by atoms with E-state index in [1.54, 1.807) is 0 Å². The third-order valence-electron chi connectivity index (χ3n) is 4.85. The lowest BCUT2D eigenvalue weighted by molar-refractivity contribution is -0.471. The molecule has 0 amide bonds. The first-order valence-electron chi connectivity index (χ1n) is 9.65. The van der Waals surface area contributed by atoms with E-state index in [1.165, 1.54) is 0 Å². The summed E-state index contributed by atoms with van der Waals surface area (Å²) >= 11 is 0. The van der Waals surface area contributed by atoms with E-state index in [-0.39, 0.29) is 32.9 Å². The van der Waals surface area contributed by atoms with Gasteiger partial charge in [-0.15, -0.1) is 0 Å². The molecule has 0 aromatic rings. The Labute approximate surface area is 214 Å². The lowest BCUT2D eigenvalue weighted by Gasteiger charge is -2.45. The van der Waals surface area contributed by atoms with E-state index in [9.17, 15) is 93.0 Å². The van der Waals surface area contributed by atoms with Crippen LogP contribution in [0.25, 0.3) is 0 Å². The van der Waals surface area contributed by atoms with Crippen LogP contribution >= 0.6 is 0 Å². The first kappa shape index (κ1) is 38.4. The number of carboxylic acid groups (broad SMARTS) is 1. The number of carboxylic acids is 1. The van der Waals surface area contributed by atoms with Gasteiger partial charge in [0.05, 0.1) is 0 Å². The summed E-state index contributed by atoms with van der Waals surface area (Å²) in [5.74, 6) is -72.9. The SMILES string of the molecule is CC(C)(C)C(OC(=O)C=CC(=O)O)C(F)(F)C(F)(F)C(F)(F)C(F)(F)C(F)(F)C(F)(F)C(F)(F)C(F)(F)C(F)(F)F. The quantitative estimate of drug-likeness (QED) is 0.145. The number of hydrogen-bond donors (Lipinski definition) is 1. The van der Waals surface area contributed by atoms with Gasteiger partial charge in [-0.1, -0.05) is 20.8 Å². The fraction of sp³-hybridized carbons (Fsp3) is 0.778. The molecule has 41 heavy (non-hydrogen) atoms. The monoisotopic (exact) mass is 654 g/mol. The molecule has 0 rings (SSSR count). The van der Waals surface area contributed by atoms with Crippen molar-refractivity contribution in [2.45, 2.75) is 80.4 Å². The highest BCUT2D eigenvalue weighted by molar-refractivity contribution is 5.90. The first-order chi connectivity index (χ1) is 17.4. The lowest BCUT2D eigenvalue weighted by Crippen LogP contribution is -2.76. The summed E-state index contributed by atoms with van der Waals surface area (Å²) in [6.07, 6.45) is -12.8. The van der Waals surface area contributed by atoms with Crippen LogP contribution in [-0.4, -0.2) is 76.7 Å². The van der Waals surface area contributed by atoms with Crippen molar-refractivity contribution < 1.29 is 103 Å². The maximum atomic E-state index is 14.6. The smallest absolute Gasteiger partial charge is 0.460 e. The summed E-state index contributed by atoms with van der Waals surface area (Å²) in [6.45, 7) is 0.859. The third-order valence-corrected chi connectivity index (χ3v) is 4.85. The van der Waals surface area contributed by atoms with Crippen molar-refractivity contribution in [2.24, 2.45) is 5.41 Å². The van der Waals surface area contributed by atoms with Crippen molar-refractivity contribution in [3.8, 4) is 0 Å². The summed E-state index contributed by atoms with van der Waals surface area (Å²) in [4.78, 5) is 21.8. The highest BCUT2D eigenvalue weighted by Gasteiger charge is 2.97. The van der Waals surface area contributed by atoms with Gasteiger partial charge < -0.3 is 9.84 Å². The van der Waals surface area contributed by atoms with Gasteiger partial charge in [-0.05, 0) is 0 Å². The molecule has 0 bridgehead atoms. The van der Waals surface area contributed by atoms with Gasteiger partial charge in [0.25, 0.3) is 0 Å². The Morgan fingerprint density at radius 2 is 0.829 bits per heavy atom. The van der Waals surface area contributed by atoms with E-state index in [0.29, 0.717) is 0 Å². The zero-order valence-electron chi connectivity index (χ0n) is 19.6. The van der Waals surface area contributed by atoms with Crippen molar-refractivity contribution in [3.63, 3.8) is 0 Å². The topological polar surface area (TPSA) is 63.6 Å². The van der Waals surface area contributed by atoms with E-state index in [0.717, 1.165) is 0 Å². The van der Waals surface area contributed by atoms with E-state index in [1.807, 2.05) is 0 Å². The second-order valence-electron chi connectivity index (χ2n) is 9.00. The van der Waals surface area contributed by atoms with Crippen LogP contribution < -0.4 is 0 Å². The zero-order chi connectivity index (χ0) is 33.9. The number of alkyl halides is 19. The molecule has 0 fully saturated rings. The Morgan fingerprint density at radius 3 is 1.10 bits per heavy atom. The predicted molar refractivity (Wildman–Crippen MR) is 91.7 cm³/mol. The lowest BCUT2D eigenvalue weighted by atomic mass is 9.79. The average molecular weight is 654 g/mol. The molecule has 0 saturated carbocycles. The van der Waals surface area contributed by atoms with Crippen LogP contribution in [0.1, 0.15) is 20.8 Å². The molecule has 0 radical (unpaired) electrons. The number of hydrogen-bond acceptors (Lipinski definition) is 3. The number of carbonyl (C=O) groups excluding carboxylic acids is 1. The molecule has 0 aliphatic carbocycles. The second-order valence-corrected chi connectivity index (χ2v) is 9.00. The van der Waals surface area contributed by atoms with Gasteiger partial charge in [-0.25, -0.2) is 9.59 Å². The number of rotatable bonds is 11. The fourth-order valence-corrected chi connectivity index (χ4v) is 2.63. The molecule has 0 aliphatic heterocycles. The number of aliphatic carboxylic acids is 1. The maximum absolute atomic E-state index is 14.6. The molecule has 23 heteroatoms. The van der Waals surface area contributed by atoms with Crippen LogP contribution in [0.4, 0.5) is 83.4 Å². The Kier molecular flexibility index (Phi) is 9.60. The Hall–Kier alpha value is -2.65. The number of ether oxygens (including phenoxy) is 1. The summed E-state index contributed by atoms with van der Waals surface area (Å²) in [5.41, 5.74) is -2.86. The fourth-order valence-electron chi connectivity index (χ4n) is 2.63. The number of carbonyl (C=O) groups is 2. The Bertz CT molecular complexity index is 1020. The number of halogens is 19. The van der Waals surface area contributed by atoms with Gasteiger partial charge in [-0.2, -0.15) is 83.4 Å². The molecule has 0 heterocycles. The Balaban J connectivity index is 7.17. The minimum atomic E-state index is -9.08. The maximum Gasteiger partial charge on any atom is 0.460 e. The molecule has 1 N–H and O–H groups in total. The van der Waals surface area contributed by atoms with E-state index >= 15 is 0 Å². The van der Waals surface area contributed by atoms with Crippen LogP contribution in [-0.2, 0) is 14.3 Å². The van der Waals surface area contributed by atoms with Gasteiger partial charge in [0, 0.05) is 17.6 Å². The van der Waals surface area contributed by atoms with Crippen LogP contribution in [0.15, 0.2) is 12.2 Å². The molecule has 1 unspecified atom stereocenters. The summed E-state index contributed by atoms with van der Waals surface area (Å²) in [6, 6.07) is 0. The van der Waals surface area contributed by atoms with Gasteiger partial charge in [0.15, 0.2) is 6.10 Å². The van der Waals surface area contributed by atoms with Crippen LogP contribution in [0.5, 0.6) is 0 Å². The molecule has 0 spiro atoms. The largest absolute Gasteiger partial charge is 0.478 e. The summed E-state index contributed by atoms with van der Waals surface area (Å²) in [5, 5.41) is 8.30. The summed E-state index contributed by atoms with van der Waals surface area (Å²) in [7, 11) is 0. The van der Waals surface area contributed by atoms with E-state index in [4.69, 9.17) is 5.11 Å². The third kappa shape index (κ3) is 5.72. The minimum absolute atomic E-state index is 0.249. The zero-order valence-corrected chi connectivity index (χ0v) is 19.6. The average Bonchev–Trinajstić information content (AvgIpc) is 2.73. The molecule has 4 nitrogen and oxygen atoms in total.